The van der Waals surface area contributed by atoms with Crippen LogP contribution in [0.5, 0.6) is 0 Å². The van der Waals surface area contributed by atoms with Crippen LogP contribution in [0.1, 0.15) is 22.3 Å². The Morgan fingerprint density at radius 2 is 0.957 bits per heavy atom. The summed E-state index contributed by atoms with van der Waals surface area (Å²) in [6.45, 7) is 0. The van der Waals surface area contributed by atoms with Gasteiger partial charge in [0.2, 0.25) is 0 Å². The van der Waals surface area contributed by atoms with Gasteiger partial charge in [0.05, 0.1) is 5.41 Å². The topological polar surface area (TPSA) is 0 Å². The lowest BCUT2D eigenvalue weighted by Crippen LogP contribution is -2.29. The Kier molecular flexibility index (Phi) is 5.53. The monoisotopic (exact) mass is 600 g/mol. The average molecular weight is 601 g/mol. The summed E-state index contributed by atoms with van der Waals surface area (Å²) in [5, 5.41) is 5.24. The molecule has 1 atom stereocenters. The molecule has 1 aliphatic heterocycles. The zero-order valence-corrected chi connectivity index (χ0v) is 25.9. The van der Waals surface area contributed by atoms with Crippen LogP contribution in [-0.4, -0.2) is 0 Å². The fourth-order valence-electron chi connectivity index (χ4n) is 8.33. The normalized spacial score (nSPS) is 15.8. The minimum Gasteiger partial charge on any atom is -0.0881 e. The van der Waals surface area contributed by atoms with Gasteiger partial charge in [-0.3, -0.25) is 0 Å². The lowest BCUT2D eigenvalue weighted by atomic mass is 9.65. The van der Waals surface area contributed by atoms with Gasteiger partial charge in [0, 0.05) is 15.2 Å². The molecule has 0 fully saturated rings. The second-order valence-electron chi connectivity index (χ2n) is 12.4. The Balaban J connectivity index is 1.32. The molecule has 1 aliphatic carbocycles. The highest BCUT2D eigenvalue weighted by molar-refractivity contribution is 8.00. The second kappa shape index (κ2) is 9.81. The molecule has 1 heterocycles. The first-order chi connectivity index (χ1) is 22.8. The molecule has 46 heavy (non-hydrogen) atoms. The average Bonchev–Trinajstić information content (AvgIpc) is 3.43. The van der Waals surface area contributed by atoms with Crippen molar-refractivity contribution in [3.63, 3.8) is 0 Å². The molecule has 8 aromatic carbocycles. The summed E-state index contributed by atoms with van der Waals surface area (Å²) in [5.41, 5.74) is 12.7. The van der Waals surface area contributed by atoms with Crippen molar-refractivity contribution in [2.45, 2.75) is 15.2 Å². The highest BCUT2D eigenvalue weighted by atomic mass is 32.2. The van der Waals surface area contributed by atoms with E-state index in [4.69, 9.17) is 0 Å². The van der Waals surface area contributed by atoms with Crippen molar-refractivity contribution in [2.24, 2.45) is 0 Å². The van der Waals surface area contributed by atoms with Crippen molar-refractivity contribution in [3.05, 3.63) is 192 Å². The number of benzene rings is 8. The van der Waals surface area contributed by atoms with E-state index in [1.807, 2.05) is 11.8 Å². The third-order valence-corrected chi connectivity index (χ3v) is 11.3. The SMILES string of the molecule is c1ccc(C2(c3ccccc3-c3cccc4c3Sc3cccc5cccc-4c35)c3ccccc3-c3c2ccc2ccccc32)cc1. The van der Waals surface area contributed by atoms with Crippen LogP contribution >= 0.6 is 11.8 Å². The molecule has 0 amide bonds. The maximum absolute atomic E-state index is 2.40. The molecule has 1 unspecified atom stereocenters. The van der Waals surface area contributed by atoms with Gasteiger partial charge in [-0.1, -0.05) is 176 Å². The van der Waals surface area contributed by atoms with E-state index in [1.54, 1.807) is 0 Å². The van der Waals surface area contributed by atoms with Gasteiger partial charge in [0.1, 0.15) is 0 Å². The van der Waals surface area contributed by atoms with Crippen LogP contribution in [0.3, 0.4) is 0 Å². The fourth-order valence-corrected chi connectivity index (χ4v) is 9.61. The smallest absolute Gasteiger partial charge is 0.0719 e. The van der Waals surface area contributed by atoms with Gasteiger partial charge >= 0.3 is 0 Å². The number of fused-ring (bicyclic) bond motifs is 7. The maximum Gasteiger partial charge on any atom is 0.0719 e. The molecule has 0 nitrogen and oxygen atoms in total. The van der Waals surface area contributed by atoms with Gasteiger partial charge in [-0.05, 0) is 77.9 Å². The van der Waals surface area contributed by atoms with Crippen LogP contribution in [0, 0.1) is 0 Å². The van der Waals surface area contributed by atoms with Gasteiger partial charge < -0.3 is 0 Å². The van der Waals surface area contributed by atoms with Crippen molar-refractivity contribution < 1.29 is 0 Å². The summed E-state index contributed by atoms with van der Waals surface area (Å²) in [6.07, 6.45) is 0. The minimum atomic E-state index is -0.492. The number of hydrogen-bond donors (Lipinski definition) is 0. The highest BCUT2D eigenvalue weighted by Crippen LogP contribution is 2.60. The van der Waals surface area contributed by atoms with Gasteiger partial charge in [0.25, 0.3) is 0 Å². The summed E-state index contributed by atoms with van der Waals surface area (Å²) >= 11 is 1.92. The molecular weight excluding hydrogens is 573 g/mol. The molecule has 8 aromatic rings. The molecule has 0 saturated carbocycles. The van der Waals surface area contributed by atoms with Crippen molar-refractivity contribution in [1.82, 2.24) is 0 Å². The Morgan fingerprint density at radius 3 is 1.80 bits per heavy atom. The van der Waals surface area contributed by atoms with E-state index in [0.29, 0.717) is 0 Å². The molecule has 2 aliphatic rings. The molecule has 1 heteroatoms. The molecule has 0 aromatic heterocycles. The van der Waals surface area contributed by atoms with Crippen LogP contribution in [0.4, 0.5) is 0 Å². The van der Waals surface area contributed by atoms with E-state index in [0.717, 1.165) is 0 Å². The molecule has 214 valence electrons. The molecular formula is C45H28S. The van der Waals surface area contributed by atoms with E-state index in [-0.39, 0.29) is 0 Å². The highest BCUT2D eigenvalue weighted by Gasteiger charge is 2.47. The van der Waals surface area contributed by atoms with E-state index in [9.17, 15) is 0 Å². The summed E-state index contributed by atoms with van der Waals surface area (Å²) in [4.78, 5) is 2.65. The summed E-state index contributed by atoms with van der Waals surface area (Å²) in [7, 11) is 0. The summed E-state index contributed by atoms with van der Waals surface area (Å²) < 4.78 is 0. The van der Waals surface area contributed by atoms with Crippen LogP contribution in [0.2, 0.25) is 0 Å². The van der Waals surface area contributed by atoms with Crippen LogP contribution in [0.15, 0.2) is 180 Å². The van der Waals surface area contributed by atoms with E-state index >= 15 is 0 Å². The van der Waals surface area contributed by atoms with Crippen LogP contribution < -0.4 is 0 Å². The van der Waals surface area contributed by atoms with Gasteiger partial charge in [-0.15, -0.1) is 0 Å². The Morgan fingerprint density at radius 1 is 0.370 bits per heavy atom. The molecule has 0 spiro atoms. The van der Waals surface area contributed by atoms with Gasteiger partial charge in [-0.2, -0.15) is 0 Å². The lowest BCUT2D eigenvalue weighted by Gasteiger charge is -2.36. The molecule has 0 saturated heterocycles. The maximum atomic E-state index is 2.40. The summed E-state index contributed by atoms with van der Waals surface area (Å²) in [5.74, 6) is 0. The first-order valence-corrected chi connectivity index (χ1v) is 16.8. The second-order valence-corrected chi connectivity index (χ2v) is 13.4. The van der Waals surface area contributed by atoms with Crippen LogP contribution in [-0.2, 0) is 5.41 Å². The zero-order chi connectivity index (χ0) is 30.2. The van der Waals surface area contributed by atoms with E-state index in [2.05, 4.69) is 170 Å². The Hall–Kier alpha value is -5.37. The number of hydrogen-bond acceptors (Lipinski definition) is 1. The quantitative estimate of drug-likeness (QED) is 0.194. The lowest BCUT2D eigenvalue weighted by molar-refractivity contribution is 0.771. The fraction of sp³-hybridized carbons (Fsp3) is 0.0222. The van der Waals surface area contributed by atoms with E-state index < -0.39 is 5.41 Å². The van der Waals surface area contributed by atoms with Crippen molar-refractivity contribution >= 4 is 33.3 Å². The molecule has 10 rings (SSSR count). The van der Waals surface area contributed by atoms with Gasteiger partial charge in [0.15, 0.2) is 0 Å². The third-order valence-electron chi connectivity index (χ3n) is 10.1. The molecule has 0 radical (unpaired) electrons. The predicted molar refractivity (Wildman–Crippen MR) is 194 cm³/mol. The number of rotatable bonds is 3. The van der Waals surface area contributed by atoms with Crippen molar-refractivity contribution in [3.8, 4) is 33.4 Å². The first kappa shape index (κ1) is 25.9. The van der Waals surface area contributed by atoms with Crippen LogP contribution in [0.25, 0.3) is 54.9 Å². The Labute approximate surface area is 273 Å². The molecule has 0 bridgehead atoms. The zero-order valence-electron chi connectivity index (χ0n) is 25.1. The Bertz CT molecular complexity index is 2500. The standard InChI is InChI=1S/C45H28S/c1-2-16-31(17-3-1)45(39-25-9-7-20-37(39)43-32-18-5-4-13-29(32)27-28-40(43)45)38-24-8-6-19-33(38)35-22-12-23-36-34-21-10-14-30-15-11-26-41(42(30)34)46-44(35)36/h1-28H. The molecule has 0 N–H and O–H groups in total. The van der Waals surface area contributed by atoms with Gasteiger partial charge in [-0.25, -0.2) is 0 Å². The minimum absolute atomic E-state index is 0.492. The predicted octanol–water partition coefficient (Wildman–Crippen LogP) is 12.2. The van der Waals surface area contributed by atoms with Crippen molar-refractivity contribution in [1.29, 1.82) is 0 Å². The first-order valence-electron chi connectivity index (χ1n) is 15.9. The summed E-state index contributed by atoms with van der Waals surface area (Å²) in [6, 6.07) is 63.3. The largest absolute Gasteiger partial charge is 0.0881 e. The third kappa shape index (κ3) is 3.41. The van der Waals surface area contributed by atoms with E-state index in [1.165, 1.54) is 87.0 Å². The van der Waals surface area contributed by atoms with Crippen molar-refractivity contribution in [2.75, 3.05) is 0 Å².